The van der Waals surface area contributed by atoms with Crippen molar-refractivity contribution in [3.05, 3.63) is 52.8 Å². The van der Waals surface area contributed by atoms with E-state index in [-0.39, 0.29) is 11.9 Å². The molecule has 0 fully saturated rings. The predicted octanol–water partition coefficient (Wildman–Crippen LogP) is 3.08. The molecule has 4 nitrogen and oxygen atoms in total. The number of H-pyrrole nitrogens is 1. The number of halogens is 1. The largest absolute Gasteiger partial charge is 0.397 e. The fourth-order valence-electron chi connectivity index (χ4n) is 1.87. The first-order chi connectivity index (χ1) is 8.99. The van der Waals surface area contributed by atoms with Crippen LogP contribution in [0.15, 0.2) is 36.5 Å². The van der Waals surface area contributed by atoms with E-state index < -0.39 is 0 Å². The standard InChI is InChI=1S/C14H16ClN3O/c1-9(10-3-5-11(15)6-4-10)18(2)14(19)13-7-12(16)8-17-13/h3-9,17H,16H2,1-2H3. The number of carbonyl (C=O) groups is 1. The Hall–Kier alpha value is -1.94. The first kappa shape index (κ1) is 13.5. The van der Waals surface area contributed by atoms with Crippen LogP contribution in [-0.2, 0) is 0 Å². The highest BCUT2D eigenvalue weighted by Crippen LogP contribution is 2.22. The first-order valence-corrected chi connectivity index (χ1v) is 6.33. The molecule has 1 aromatic heterocycles. The minimum Gasteiger partial charge on any atom is -0.397 e. The summed E-state index contributed by atoms with van der Waals surface area (Å²) in [5, 5.41) is 0.682. The summed E-state index contributed by atoms with van der Waals surface area (Å²) >= 11 is 5.86. The number of hydrogen-bond donors (Lipinski definition) is 2. The van der Waals surface area contributed by atoms with Crippen molar-refractivity contribution in [3.63, 3.8) is 0 Å². The van der Waals surface area contributed by atoms with E-state index in [9.17, 15) is 4.79 Å². The van der Waals surface area contributed by atoms with E-state index in [0.29, 0.717) is 16.4 Å². The number of amides is 1. The molecule has 0 aliphatic heterocycles. The van der Waals surface area contributed by atoms with E-state index in [0.717, 1.165) is 5.56 Å². The number of nitrogens with zero attached hydrogens (tertiary/aromatic N) is 1. The second kappa shape index (κ2) is 5.36. The summed E-state index contributed by atoms with van der Waals surface area (Å²) in [6.07, 6.45) is 1.61. The fraction of sp³-hybridized carbons (Fsp3) is 0.214. The Morgan fingerprint density at radius 2 is 2.00 bits per heavy atom. The Bertz CT molecular complexity index is 577. The van der Waals surface area contributed by atoms with Gasteiger partial charge in [-0.15, -0.1) is 0 Å². The van der Waals surface area contributed by atoms with Gasteiger partial charge in [-0.25, -0.2) is 0 Å². The zero-order chi connectivity index (χ0) is 14.0. The average Bonchev–Trinajstić information content (AvgIpc) is 2.84. The second-order valence-electron chi connectivity index (χ2n) is 4.49. The second-order valence-corrected chi connectivity index (χ2v) is 4.93. The van der Waals surface area contributed by atoms with Crippen molar-refractivity contribution in [2.24, 2.45) is 0 Å². The van der Waals surface area contributed by atoms with Gasteiger partial charge in [0.05, 0.1) is 6.04 Å². The molecule has 1 aromatic carbocycles. The maximum Gasteiger partial charge on any atom is 0.270 e. The molecule has 5 heteroatoms. The van der Waals surface area contributed by atoms with Crippen LogP contribution in [0.5, 0.6) is 0 Å². The van der Waals surface area contributed by atoms with E-state index in [1.165, 1.54) is 0 Å². The van der Waals surface area contributed by atoms with Gasteiger partial charge in [0.25, 0.3) is 5.91 Å². The SMILES string of the molecule is CC(c1ccc(Cl)cc1)N(C)C(=O)c1cc(N)c[nH]1. The third-order valence-electron chi connectivity index (χ3n) is 3.19. The van der Waals surface area contributed by atoms with Crippen LogP contribution in [0.2, 0.25) is 5.02 Å². The van der Waals surface area contributed by atoms with Crippen LogP contribution < -0.4 is 5.73 Å². The monoisotopic (exact) mass is 277 g/mol. The molecule has 1 heterocycles. The van der Waals surface area contributed by atoms with Crippen LogP contribution in [0, 0.1) is 0 Å². The number of aromatic nitrogens is 1. The molecule has 100 valence electrons. The first-order valence-electron chi connectivity index (χ1n) is 5.95. The number of nitrogen functional groups attached to an aromatic ring is 1. The summed E-state index contributed by atoms with van der Waals surface area (Å²) in [7, 11) is 1.76. The van der Waals surface area contributed by atoms with E-state index >= 15 is 0 Å². The molecule has 0 bridgehead atoms. The van der Waals surface area contributed by atoms with Gasteiger partial charge in [-0.1, -0.05) is 23.7 Å². The minimum atomic E-state index is -0.0980. The highest BCUT2D eigenvalue weighted by Gasteiger charge is 2.19. The number of hydrogen-bond acceptors (Lipinski definition) is 2. The summed E-state index contributed by atoms with van der Waals surface area (Å²) in [5.41, 5.74) is 7.67. The van der Waals surface area contributed by atoms with Gasteiger partial charge in [0.1, 0.15) is 5.69 Å². The molecule has 2 rings (SSSR count). The molecule has 1 atom stereocenters. The van der Waals surface area contributed by atoms with Crippen molar-refractivity contribution in [2.75, 3.05) is 12.8 Å². The number of aromatic amines is 1. The fourth-order valence-corrected chi connectivity index (χ4v) is 1.99. The van der Waals surface area contributed by atoms with Crippen molar-refractivity contribution >= 4 is 23.2 Å². The molecular formula is C14H16ClN3O. The molecule has 2 aromatic rings. The zero-order valence-corrected chi connectivity index (χ0v) is 11.6. The summed E-state index contributed by atoms with van der Waals surface area (Å²) < 4.78 is 0. The van der Waals surface area contributed by atoms with Gasteiger partial charge in [0.2, 0.25) is 0 Å². The van der Waals surface area contributed by atoms with Crippen LogP contribution in [0.1, 0.15) is 29.0 Å². The van der Waals surface area contributed by atoms with Crippen molar-refractivity contribution in [1.29, 1.82) is 0 Å². The number of carbonyl (C=O) groups excluding carboxylic acids is 1. The lowest BCUT2D eigenvalue weighted by Crippen LogP contribution is -2.29. The average molecular weight is 278 g/mol. The van der Waals surface area contributed by atoms with Crippen LogP contribution in [0.4, 0.5) is 5.69 Å². The van der Waals surface area contributed by atoms with Gasteiger partial charge in [0.15, 0.2) is 0 Å². The quantitative estimate of drug-likeness (QED) is 0.906. The van der Waals surface area contributed by atoms with Crippen LogP contribution >= 0.6 is 11.6 Å². The molecule has 1 amide bonds. The number of rotatable bonds is 3. The van der Waals surface area contributed by atoms with E-state index in [4.69, 9.17) is 17.3 Å². The number of benzene rings is 1. The Morgan fingerprint density at radius 3 is 2.53 bits per heavy atom. The Labute approximate surface area is 117 Å². The van der Waals surface area contributed by atoms with Gasteiger partial charge in [-0.05, 0) is 30.7 Å². The maximum atomic E-state index is 12.3. The number of anilines is 1. The van der Waals surface area contributed by atoms with Gasteiger partial charge >= 0.3 is 0 Å². The number of nitrogens with two attached hydrogens (primary N) is 1. The molecule has 0 saturated carbocycles. The Kier molecular flexibility index (Phi) is 3.81. The van der Waals surface area contributed by atoms with Crippen LogP contribution in [0.3, 0.4) is 0 Å². The molecule has 0 aliphatic carbocycles. The van der Waals surface area contributed by atoms with Crippen molar-refractivity contribution < 1.29 is 4.79 Å². The highest BCUT2D eigenvalue weighted by molar-refractivity contribution is 6.30. The van der Waals surface area contributed by atoms with Gasteiger partial charge in [0, 0.05) is 24.0 Å². The van der Waals surface area contributed by atoms with Gasteiger partial charge in [-0.3, -0.25) is 4.79 Å². The molecule has 0 saturated heterocycles. The van der Waals surface area contributed by atoms with Gasteiger partial charge in [-0.2, -0.15) is 0 Å². The highest BCUT2D eigenvalue weighted by atomic mass is 35.5. The number of nitrogens with one attached hydrogen (secondary N) is 1. The van der Waals surface area contributed by atoms with Crippen molar-refractivity contribution in [1.82, 2.24) is 9.88 Å². The molecule has 0 radical (unpaired) electrons. The van der Waals surface area contributed by atoms with E-state index in [1.807, 2.05) is 31.2 Å². The third kappa shape index (κ3) is 2.90. The Balaban J connectivity index is 2.16. The van der Waals surface area contributed by atoms with Gasteiger partial charge < -0.3 is 15.6 Å². The lowest BCUT2D eigenvalue weighted by molar-refractivity contribution is 0.0737. The molecule has 1 unspecified atom stereocenters. The summed E-state index contributed by atoms with van der Waals surface area (Å²) in [6, 6.07) is 9.05. The molecular weight excluding hydrogens is 262 g/mol. The smallest absolute Gasteiger partial charge is 0.270 e. The minimum absolute atomic E-state index is 0.0470. The third-order valence-corrected chi connectivity index (χ3v) is 3.44. The van der Waals surface area contributed by atoms with Crippen LogP contribution in [0.25, 0.3) is 0 Å². The summed E-state index contributed by atoms with van der Waals surface area (Å²) in [5.74, 6) is -0.0980. The lowest BCUT2D eigenvalue weighted by Gasteiger charge is -2.25. The van der Waals surface area contributed by atoms with Crippen LogP contribution in [-0.4, -0.2) is 22.8 Å². The molecule has 0 spiro atoms. The molecule has 0 aliphatic rings. The van der Waals surface area contributed by atoms with Crippen molar-refractivity contribution in [3.8, 4) is 0 Å². The lowest BCUT2D eigenvalue weighted by atomic mass is 10.1. The molecule has 3 N–H and O–H groups in total. The summed E-state index contributed by atoms with van der Waals surface area (Å²) in [6.45, 7) is 1.97. The summed E-state index contributed by atoms with van der Waals surface area (Å²) in [4.78, 5) is 16.8. The van der Waals surface area contributed by atoms with E-state index in [1.54, 1.807) is 24.2 Å². The maximum absolute atomic E-state index is 12.3. The normalized spacial score (nSPS) is 12.2. The Morgan fingerprint density at radius 1 is 1.37 bits per heavy atom. The van der Waals surface area contributed by atoms with E-state index in [2.05, 4.69) is 4.98 Å². The topological polar surface area (TPSA) is 62.1 Å². The van der Waals surface area contributed by atoms with Crippen molar-refractivity contribution in [2.45, 2.75) is 13.0 Å². The predicted molar refractivity (Wildman–Crippen MR) is 77.2 cm³/mol. The zero-order valence-electron chi connectivity index (χ0n) is 10.9. The molecule has 19 heavy (non-hydrogen) atoms.